The molecule has 0 atom stereocenters. The van der Waals surface area contributed by atoms with Crippen LogP contribution in [0.4, 0.5) is 4.39 Å². The average Bonchev–Trinajstić information content (AvgIpc) is 2.30. The molecular formula is C11H8FN3O2. The summed E-state index contributed by atoms with van der Waals surface area (Å²) in [5.41, 5.74) is 8.01. The minimum absolute atomic E-state index is 0.247. The van der Waals surface area contributed by atoms with E-state index < -0.39 is 17.3 Å². The summed E-state index contributed by atoms with van der Waals surface area (Å²) in [4.78, 5) is 13.2. The number of aromatic carboxylic acids is 1. The number of rotatable bonds is 3. The normalized spacial score (nSPS) is 8.76. The van der Waals surface area contributed by atoms with E-state index in [9.17, 15) is 9.18 Å². The van der Waals surface area contributed by atoms with Crippen LogP contribution >= 0.6 is 0 Å². The smallest absolute Gasteiger partial charge is 0.338 e. The van der Waals surface area contributed by atoms with Gasteiger partial charge in [-0.25, -0.2) is 9.18 Å². The number of carbonyl (C=O) groups is 1. The zero-order valence-electron chi connectivity index (χ0n) is 8.72. The van der Waals surface area contributed by atoms with Gasteiger partial charge in [-0.05, 0) is 23.7 Å². The van der Waals surface area contributed by atoms with Crippen LogP contribution < -0.4 is 0 Å². The van der Waals surface area contributed by atoms with Gasteiger partial charge in [0, 0.05) is 23.4 Å². The fourth-order valence-electron chi connectivity index (χ4n) is 1.08. The molecule has 1 N–H and O–H groups in total. The zero-order chi connectivity index (χ0) is 12.7. The van der Waals surface area contributed by atoms with Crippen molar-refractivity contribution in [1.29, 1.82) is 0 Å². The monoisotopic (exact) mass is 233 g/mol. The average molecular weight is 233 g/mol. The topological polar surface area (TPSA) is 86.1 Å². The Bertz CT molecular complexity index is 539. The Labute approximate surface area is 96.5 Å². The van der Waals surface area contributed by atoms with E-state index in [-0.39, 0.29) is 6.54 Å². The molecule has 0 aromatic heterocycles. The third kappa shape index (κ3) is 3.86. The molecule has 1 aromatic carbocycles. The van der Waals surface area contributed by atoms with Gasteiger partial charge in [-0.15, -0.1) is 0 Å². The largest absolute Gasteiger partial charge is 0.478 e. The third-order valence-electron chi connectivity index (χ3n) is 1.83. The molecule has 0 saturated heterocycles. The molecule has 0 fully saturated rings. The lowest BCUT2D eigenvalue weighted by atomic mass is 10.1. The summed E-state index contributed by atoms with van der Waals surface area (Å²) >= 11 is 0. The van der Waals surface area contributed by atoms with Gasteiger partial charge in [0.05, 0.1) is 5.56 Å². The molecule has 0 aliphatic carbocycles. The Morgan fingerprint density at radius 3 is 3.00 bits per heavy atom. The van der Waals surface area contributed by atoms with Crippen molar-refractivity contribution in [3.8, 4) is 11.8 Å². The molecule has 0 saturated carbocycles. The molecule has 1 rings (SSSR count). The molecule has 0 unspecified atom stereocenters. The molecule has 0 aliphatic heterocycles. The SMILES string of the molecule is [N-]=[N+]=NCCC#Cc1ccc(F)c(C(=O)O)c1. The Kier molecular flexibility index (Phi) is 4.55. The van der Waals surface area contributed by atoms with Crippen molar-refractivity contribution in [3.05, 3.63) is 45.6 Å². The first-order valence-electron chi connectivity index (χ1n) is 4.67. The number of azide groups is 1. The molecule has 0 aliphatic rings. The number of hydrogen-bond acceptors (Lipinski definition) is 2. The van der Waals surface area contributed by atoms with E-state index in [2.05, 4.69) is 21.9 Å². The van der Waals surface area contributed by atoms with Gasteiger partial charge in [0.1, 0.15) is 5.82 Å². The van der Waals surface area contributed by atoms with Crippen LogP contribution in [-0.4, -0.2) is 17.6 Å². The van der Waals surface area contributed by atoms with Gasteiger partial charge < -0.3 is 5.11 Å². The molecule has 86 valence electrons. The Morgan fingerprint density at radius 1 is 1.59 bits per heavy atom. The molecule has 6 heteroatoms. The highest BCUT2D eigenvalue weighted by atomic mass is 19.1. The van der Waals surface area contributed by atoms with Crippen LogP contribution in [0, 0.1) is 17.7 Å². The fourth-order valence-corrected chi connectivity index (χ4v) is 1.08. The van der Waals surface area contributed by atoms with Crippen LogP contribution in [-0.2, 0) is 0 Å². The van der Waals surface area contributed by atoms with Crippen LogP contribution in [0.1, 0.15) is 22.3 Å². The van der Waals surface area contributed by atoms with E-state index in [0.717, 1.165) is 12.1 Å². The highest BCUT2D eigenvalue weighted by Gasteiger charge is 2.09. The number of halogens is 1. The summed E-state index contributed by atoms with van der Waals surface area (Å²) in [6.07, 6.45) is 0.365. The number of nitrogens with zero attached hydrogens (tertiary/aromatic N) is 3. The van der Waals surface area contributed by atoms with Crippen molar-refractivity contribution in [2.24, 2.45) is 5.11 Å². The first-order chi connectivity index (χ1) is 8.15. The van der Waals surface area contributed by atoms with Gasteiger partial charge in [0.15, 0.2) is 0 Å². The molecule has 0 amide bonds. The summed E-state index contributed by atoms with van der Waals surface area (Å²) in [6.45, 7) is 0.247. The van der Waals surface area contributed by atoms with Gasteiger partial charge in [0.2, 0.25) is 0 Å². The lowest BCUT2D eigenvalue weighted by Crippen LogP contribution is -2.00. The first kappa shape index (κ1) is 12.6. The van der Waals surface area contributed by atoms with Crippen molar-refractivity contribution in [2.45, 2.75) is 6.42 Å². The zero-order valence-corrected chi connectivity index (χ0v) is 8.72. The van der Waals surface area contributed by atoms with E-state index in [1.807, 2.05) is 0 Å². The van der Waals surface area contributed by atoms with Gasteiger partial charge in [0.25, 0.3) is 0 Å². The van der Waals surface area contributed by atoms with Crippen LogP contribution in [0.3, 0.4) is 0 Å². The summed E-state index contributed by atoms with van der Waals surface area (Å²) in [5, 5.41) is 12.0. The van der Waals surface area contributed by atoms with Gasteiger partial charge in [-0.1, -0.05) is 17.0 Å². The van der Waals surface area contributed by atoms with Crippen LogP contribution in [0.2, 0.25) is 0 Å². The quantitative estimate of drug-likeness (QED) is 0.286. The molecule has 1 aromatic rings. The van der Waals surface area contributed by atoms with Crippen LogP contribution in [0.25, 0.3) is 10.4 Å². The lowest BCUT2D eigenvalue weighted by molar-refractivity contribution is 0.0692. The maximum Gasteiger partial charge on any atom is 0.338 e. The summed E-state index contributed by atoms with van der Waals surface area (Å²) in [6, 6.07) is 3.61. The summed E-state index contributed by atoms with van der Waals surface area (Å²) < 4.78 is 13.0. The number of carboxylic acid groups (broad SMARTS) is 1. The Balaban J connectivity index is 2.82. The molecule has 0 radical (unpaired) electrons. The number of hydrogen-bond donors (Lipinski definition) is 1. The minimum atomic E-state index is -1.33. The Hall–Kier alpha value is -2.51. The van der Waals surface area contributed by atoms with E-state index in [1.54, 1.807) is 0 Å². The highest BCUT2D eigenvalue weighted by molar-refractivity contribution is 5.88. The van der Waals surface area contributed by atoms with Crippen molar-refractivity contribution in [1.82, 2.24) is 0 Å². The molecule has 0 spiro atoms. The molecule has 5 nitrogen and oxygen atoms in total. The Morgan fingerprint density at radius 2 is 2.35 bits per heavy atom. The van der Waals surface area contributed by atoms with Crippen molar-refractivity contribution < 1.29 is 14.3 Å². The van der Waals surface area contributed by atoms with E-state index in [4.69, 9.17) is 10.6 Å². The van der Waals surface area contributed by atoms with Crippen molar-refractivity contribution in [2.75, 3.05) is 6.54 Å². The second-order valence-corrected chi connectivity index (χ2v) is 3.01. The number of benzene rings is 1. The third-order valence-corrected chi connectivity index (χ3v) is 1.83. The van der Waals surface area contributed by atoms with Gasteiger partial charge >= 0.3 is 5.97 Å². The first-order valence-corrected chi connectivity index (χ1v) is 4.67. The van der Waals surface area contributed by atoms with Gasteiger partial charge in [-0.3, -0.25) is 0 Å². The van der Waals surface area contributed by atoms with Crippen molar-refractivity contribution in [3.63, 3.8) is 0 Å². The fraction of sp³-hybridized carbons (Fsp3) is 0.182. The minimum Gasteiger partial charge on any atom is -0.478 e. The molecule has 17 heavy (non-hydrogen) atoms. The maximum absolute atomic E-state index is 13.0. The van der Waals surface area contributed by atoms with Crippen LogP contribution in [0.5, 0.6) is 0 Å². The molecule has 0 bridgehead atoms. The number of carboxylic acids is 1. The van der Waals surface area contributed by atoms with Crippen molar-refractivity contribution >= 4 is 5.97 Å². The summed E-state index contributed by atoms with van der Waals surface area (Å²) in [7, 11) is 0. The van der Waals surface area contributed by atoms with E-state index in [1.165, 1.54) is 6.07 Å². The second kappa shape index (κ2) is 6.16. The highest BCUT2D eigenvalue weighted by Crippen LogP contribution is 2.09. The molecule has 0 heterocycles. The van der Waals surface area contributed by atoms with E-state index in [0.29, 0.717) is 12.0 Å². The lowest BCUT2D eigenvalue weighted by Gasteiger charge is -1.97. The molecular weight excluding hydrogens is 225 g/mol. The summed E-state index contributed by atoms with van der Waals surface area (Å²) in [5.74, 6) is 3.23. The standard InChI is InChI=1S/C11H8FN3O2/c12-10-5-4-8(7-9(10)11(16)17)3-1-2-6-14-15-13/h4-5,7H,2,6H2,(H,16,17). The van der Waals surface area contributed by atoms with Gasteiger partial charge in [-0.2, -0.15) is 0 Å². The predicted molar refractivity (Wildman–Crippen MR) is 58.9 cm³/mol. The second-order valence-electron chi connectivity index (χ2n) is 3.01. The predicted octanol–water partition coefficient (Wildman–Crippen LogP) is 2.58. The van der Waals surface area contributed by atoms with Crippen LogP contribution in [0.15, 0.2) is 23.3 Å². The van der Waals surface area contributed by atoms with E-state index >= 15 is 0 Å². The maximum atomic E-state index is 13.0.